The summed E-state index contributed by atoms with van der Waals surface area (Å²) in [5, 5.41) is 6.10. The van der Waals surface area contributed by atoms with Crippen molar-refractivity contribution in [2.75, 3.05) is 4.90 Å². The fourth-order valence-corrected chi connectivity index (χ4v) is 11.3. The van der Waals surface area contributed by atoms with E-state index in [4.69, 9.17) is 9.97 Å². The fraction of sp³-hybridized carbons (Fsp3) is 0.0968. The Bertz CT molecular complexity index is 3650. The topological polar surface area (TPSA) is 34.0 Å². The van der Waals surface area contributed by atoms with Gasteiger partial charge in [-0.05, 0) is 118 Å². The molecule has 0 N–H and O–H groups in total. The Labute approximate surface area is 384 Å². The van der Waals surface area contributed by atoms with Crippen LogP contribution in [0.2, 0.25) is 0 Å². The zero-order chi connectivity index (χ0) is 43.9. The minimum atomic E-state index is -0.340. The lowest BCUT2D eigenvalue weighted by molar-refractivity contribution is 0.482. The minimum absolute atomic E-state index is 0.0198. The van der Waals surface area contributed by atoms with Gasteiger partial charge in [0.05, 0.1) is 28.3 Å². The van der Waals surface area contributed by atoms with Crippen LogP contribution in [0.4, 0.5) is 5.95 Å². The Morgan fingerprint density at radius 3 is 1.95 bits per heavy atom. The fourth-order valence-electron chi connectivity index (χ4n) is 11.3. The predicted octanol–water partition coefficient (Wildman–Crippen LogP) is 15.6. The number of fused-ring (bicyclic) bond motifs is 8. The maximum absolute atomic E-state index is 5.66. The molecule has 3 aliphatic rings. The largest absolute Gasteiger partial charge is 0.309 e. The molecule has 0 spiro atoms. The smallest absolute Gasteiger partial charge is 0.231 e. The summed E-state index contributed by atoms with van der Waals surface area (Å²) in [6.45, 7) is 4.78. The van der Waals surface area contributed by atoms with E-state index in [-0.39, 0.29) is 17.4 Å². The van der Waals surface area contributed by atoms with Gasteiger partial charge in [-0.15, -0.1) is 0 Å². The molecule has 4 nitrogen and oxygen atoms in total. The van der Waals surface area contributed by atoms with E-state index < -0.39 is 0 Å². The number of rotatable bonds is 6. The average Bonchev–Trinajstić information content (AvgIpc) is 3.86. The van der Waals surface area contributed by atoms with E-state index in [0.29, 0.717) is 0 Å². The van der Waals surface area contributed by atoms with Gasteiger partial charge in [0.25, 0.3) is 0 Å². The van der Waals surface area contributed by atoms with Gasteiger partial charge in [-0.3, -0.25) is 0 Å². The highest BCUT2D eigenvalue weighted by Crippen LogP contribution is 2.55. The van der Waals surface area contributed by atoms with Gasteiger partial charge < -0.3 is 9.47 Å². The van der Waals surface area contributed by atoms with Crippen molar-refractivity contribution in [3.63, 3.8) is 0 Å². The third-order valence-corrected chi connectivity index (χ3v) is 14.4. The Morgan fingerprint density at radius 1 is 0.545 bits per heavy atom. The summed E-state index contributed by atoms with van der Waals surface area (Å²) in [6, 6.07) is 67.9. The Hall–Kier alpha value is -8.08. The van der Waals surface area contributed by atoms with Crippen LogP contribution in [0.5, 0.6) is 0 Å². The molecule has 66 heavy (non-hydrogen) atoms. The van der Waals surface area contributed by atoms with Gasteiger partial charge in [0.15, 0.2) is 0 Å². The highest BCUT2D eigenvalue weighted by molar-refractivity contribution is 6.21. The van der Waals surface area contributed by atoms with Crippen molar-refractivity contribution in [1.82, 2.24) is 14.5 Å². The molecular formula is C62H46N4. The minimum Gasteiger partial charge on any atom is -0.309 e. The van der Waals surface area contributed by atoms with E-state index >= 15 is 0 Å². The number of benzene rings is 8. The molecule has 0 bridgehead atoms. The molecule has 3 heterocycles. The molecule has 1 aliphatic heterocycles. The zero-order valence-electron chi connectivity index (χ0n) is 36.9. The number of anilines is 1. The normalized spacial score (nSPS) is 18.9. The van der Waals surface area contributed by atoms with Crippen molar-refractivity contribution in [1.29, 1.82) is 0 Å². The summed E-state index contributed by atoms with van der Waals surface area (Å²) < 4.78 is 2.42. The second-order valence-electron chi connectivity index (χ2n) is 18.4. The van der Waals surface area contributed by atoms with E-state index in [1.807, 2.05) is 0 Å². The molecule has 8 aromatic carbocycles. The molecule has 0 fully saturated rings. The van der Waals surface area contributed by atoms with Gasteiger partial charge in [0, 0.05) is 44.4 Å². The summed E-state index contributed by atoms with van der Waals surface area (Å²) in [5.74, 6) is 1.03. The molecule has 3 atom stereocenters. The predicted molar refractivity (Wildman–Crippen MR) is 276 cm³/mol. The van der Waals surface area contributed by atoms with Crippen LogP contribution in [0, 0.1) is 11.3 Å². The van der Waals surface area contributed by atoms with Crippen molar-refractivity contribution in [3.05, 3.63) is 235 Å². The monoisotopic (exact) mass is 846 g/mol. The van der Waals surface area contributed by atoms with Crippen LogP contribution in [0.3, 0.4) is 0 Å². The standard InChI is InChI=1S/C62H46N4/c1-40-17-16-27-53-60(40)66(61-63-54-28-15-14-26-51(54)59(64-61)48-36-46(41-18-6-3-7-19-41)35-47(37-48)42-20-8-4-9-21-42)57-34-31-45(39-62(53,57)2)44-30-32-55-52(38-44)58-50-25-13-12-22-43(50)29-33-56(58)65(55)49-23-10-5-11-24-49/h3-16,18-40,57H,17H2,1-2H3. The molecule has 3 unspecified atom stereocenters. The number of hydrogen-bond acceptors (Lipinski definition) is 3. The molecule has 0 radical (unpaired) electrons. The van der Waals surface area contributed by atoms with Crippen LogP contribution in [0.1, 0.15) is 25.8 Å². The number of nitrogens with zero attached hydrogens (tertiary/aromatic N) is 4. The molecular weight excluding hydrogens is 801 g/mol. The number of aromatic nitrogens is 3. The first-order valence-corrected chi connectivity index (χ1v) is 23.2. The number of hydrogen-bond donors (Lipinski definition) is 0. The number of allylic oxidation sites excluding steroid dienone is 5. The van der Waals surface area contributed by atoms with E-state index in [1.54, 1.807) is 0 Å². The van der Waals surface area contributed by atoms with Crippen molar-refractivity contribution >= 4 is 55.0 Å². The van der Waals surface area contributed by atoms with E-state index in [0.717, 1.165) is 51.3 Å². The Balaban J connectivity index is 0.968. The molecule has 2 aromatic heterocycles. The average molecular weight is 847 g/mol. The maximum atomic E-state index is 5.66. The van der Waals surface area contributed by atoms with Gasteiger partial charge in [0.2, 0.25) is 5.95 Å². The molecule has 4 heteroatoms. The highest BCUT2D eigenvalue weighted by atomic mass is 15.3. The van der Waals surface area contributed by atoms with E-state index in [1.165, 1.54) is 66.1 Å². The van der Waals surface area contributed by atoms with Crippen molar-refractivity contribution in [2.24, 2.45) is 11.3 Å². The van der Waals surface area contributed by atoms with E-state index in [2.05, 4.69) is 242 Å². The van der Waals surface area contributed by atoms with E-state index in [9.17, 15) is 0 Å². The molecule has 2 aliphatic carbocycles. The first-order valence-electron chi connectivity index (χ1n) is 23.2. The van der Waals surface area contributed by atoms with Gasteiger partial charge >= 0.3 is 0 Å². The van der Waals surface area contributed by atoms with Crippen LogP contribution in [0.25, 0.3) is 88.3 Å². The van der Waals surface area contributed by atoms with Gasteiger partial charge in [-0.1, -0.05) is 171 Å². The molecule has 13 rings (SSSR count). The third kappa shape index (κ3) is 5.98. The zero-order valence-corrected chi connectivity index (χ0v) is 36.9. The molecule has 0 amide bonds. The van der Waals surface area contributed by atoms with Crippen molar-refractivity contribution in [3.8, 4) is 39.2 Å². The van der Waals surface area contributed by atoms with Crippen molar-refractivity contribution < 1.29 is 0 Å². The summed E-state index contributed by atoms with van der Waals surface area (Å²) >= 11 is 0. The van der Waals surface area contributed by atoms with Gasteiger partial charge in [0.1, 0.15) is 0 Å². The molecule has 314 valence electrons. The summed E-state index contributed by atoms with van der Waals surface area (Å²) in [4.78, 5) is 13.6. The van der Waals surface area contributed by atoms with Crippen LogP contribution in [-0.2, 0) is 0 Å². The second kappa shape index (κ2) is 15.0. The lowest BCUT2D eigenvalue weighted by Crippen LogP contribution is -2.40. The SMILES string of the molecule is CC1CC=CC2=C1N(c1nc(-c3cc(-c4ccccc4)cc(-c4ccccc4)c3)c3ccccc3n1)C1C=CC(c3ccc4c(c3)c3c5ccccc5ccc3n4-c3ccccc3)=CC21C. The quantitative estimate of drug-likeness (QED) is 0.167. The van der Waals surface area contributed by atoms with Crippen LogP contribution in [-0.4, -0.2) is 20.6 Å². The van der Waals surface area contributed by atoms with Crippen LogP contribution in [0.15, 0.2) is 230 Å². The number of para-hydroxylation sites is 2. The van der Waals surface area contributed by atoms with Gasteiger partial charge in [-0.2, -0.15) is 0 Å². The lowest BCUT2D eigenvalue weighted by atomic mass is 9.71. The summed E-state index contributed by atoms with van der Waals surface area (Å²) in [7, 11) is 0. The first-order chi connectivity index (χ1) is 32.5. The van der Waals surface area contributed by atoms with Crippen molar-refractivity contribution in [2.45, 2.75) is 26.3 Å². The summed E-state index contributed by atoms with van der Waals surface area (Å²) in [5.41, 5.74) is 15.9. The third-order valence-electron chi connectivity index (χ3n) is 14.4. The lowest BCUT2D eigenvalue weighted by Gasteiger charge is -2.37. The first kappa shape index (κ1) is 38.4. The van der Waals surface area contributed by atoms with Crippen LogP contribution < -0.4 is 4.90 Å². The van der Waals surface area contributed by atoms with Gasteiger partial charge in [-0.25, -0.2) is 9.97 Å². The molecule has 10 aromatic rings. The van der Waals surface area contributed by atoms with Crippen LogP contribution >= 0.6 is 0 Å². The Kier molecular flexibility index (Phi) is 8.73. The molecule has 0 saturated heterocycles. The molecule has 0 saturated carbocycles. The highest BCUT2D eigenvalue weighted by Gasteiger charge is 2.51. The Morgan fingerprint density at radius 2 is 1.20 bits per heavy atom. The summed E-state index contributed by atoms with van der Waals surface area (Å²) in [6.07, 6.45) is 13.0. The maximum Gasteiger partial charge on any atom is 0.231 e. The second-order valence-corrected chi connectivity index (χ2v) is 18.4.